The quantitative estimate of drug-likeness (QED) is 0.0630. The molecule has 1 atom stereocenters. The summed E-state index contributed by atoms with van der Waals surface area (Å²) < 4.78 is 253. The summed E-state index contributed by atoms with van der Waals surface area (Å²) in [7, 11) is -10.5. The summed E-state index contributed by atoms with van der Waals surface area (Å²) in [6.07, 6.45) is -11.2. The van der Waals surface area contributed by atoms with E-state index in [1.165, 1.54) is 0 Å². The fraction of sp³-hybridized carbons (Fsp3) is 1.00. The second-order valence-electron chi connectivity index (χ2n) is 14.0. The van der Waals surface area contributed by atoms with Crippen molar-refractivity contribution < 1.29 is 96.8 Å². The summed E-state index contributed by atoms with van der Waals surface area (Å²) in [4.78, 5) is 0. The van der Waals surface area contributed by atoms with Gasteiger partial charge >= 0.3 is 64.8 Å². The van der Waals surface area contributed by atoms with Crippen LogP contribution in [-0.4, -0.2) is 106 Å². The molecule has 0 aliphatic carbocycles. The maximum absolute atomic E-state index is 14.2. The molecule has 0 spiro atoms. The molecule has 0 aromatic carbocycles. The topological polar surface area (TPSA) is 57.2 Å². The highest BCUT2D eigenvalue weighted by Crippen LogP contribution is 2.64. The van der Waals surface area contributed by atoms with Crippen molar-refractivity contribution >= 4 is 33.8 Å². The summed E-state index contributed by atoms with van der Waals surface area (Å²) in [6, 6.07) is 0.739. The SMILES string of the molecule is C[Si](C)(C)O[Si](C)(C)O[Si](C)(CCCOCCCC(F)(F)C(F)(F)C(F)(F)C(F)(F)C(F)(F)C(F)(F)C(F)(F)C(F)(F)F)O[Si](C)(C)CCCO. The van der Waals surface area contributed by atoms with Crippen LogP contribution in [0.5, 0.6) is 0 Å². The van der Waals surface area contributed by atoms with Crippen LogP contribution in [0.15, 0.2) is 0 Å². The fourth-order valence-electron chi connectivity index (χ4n) is 4.89. The second kappa shape index (κ2) is 16.3. The Bertz CT molecular complexity index is 1120. The molecule has 0 aromatic heterocycles. The molecule has 0 aromatic rings. The van der Waals surface area contributed by atoms with E-state index >= 15 is 0 Å². The third-order valence-corrected chi connectivity index (χ3v) is 21.8. The monoisotopic (exact) mass is 858 g/mol. The van der Waals surface area contributed by atoms with Crippen LogP contribution < -0.4 is 0 Å². The summed E-state index contributed by atoms with van der Waals surface area (Å²) in [6.45, 7) is 13.5. The van der Waals surface area contributed by atoms with E-state index in [-0.39, 0.29) is 25.7 Å². The van der Waals surface area contributed by atoms with E-state index in [9.17, 15) is 79.7 Å². The number of aliphatic hydroxyl groups is 1. The molecule has 51 heavy (non-hydrogen) atoms. The maximum atomic E-state index is 14.2. The standard InChI is InChI=1S/C25H43F17O5Si4/c1-48(2,3)45-50(6,7)47-51(8,46-49(4,5)16-10-13-43)17-11-15-44-14-9-12-18(26,27)19(28,29)20(30,31)21(32,33)22(34,35)23(36,37)24(38,39)25(40,41)42/h43H,9-17H2,1-8H3. The average Bonchev–Trinajstić information content (AvgIpc) is 2.87. The Morgan fingerprint density at radius 2 is 0.882 bits per heavy atom. The van der Waals surface area contributed by atoms with Crippen molar-refractivity contribution in [2.45, 2.75) is 138 Å². The first kappa shape index (κ1) is 50.5. The molecule has 0 aliphatic heterocycles. The molecule has 0 heterocycles. The van der Waals surface area contributed by atoms with Gasteiger partial charge in [-0.1, -0.05) is 0 Å². The number of rotatable bonds is 23. The molecule has 0 saturated heterocycles. The zero-order valence-corrected chi connectivity index (χ0v) is 32.9. The van der Waals surface area contributed by atoms with Crippen molar-refractivity contribution in [2.24, 2.45) is 0 Å². The first-order valence-corrected chi connectivity index (χ1v) is 27.0. The highest BCUT2D eigenvalue weighted by atomic mass is 28.5. The third-order valence-electron chi connectivity index (χ3n) is 6.93. The molecule has 0 fully saturated rings. The molecular formula is C25H43F17O5Si4. The van der Waals surface area contributed by atoms with Crippen LogP contribution >= 0.6 is 0 Å². The lowest BCUT2D eigenvalue weighted by atomic mass is 9.88. The molecule has 0 saturated carbocycles. The highest BCUT2D eigenvalue weighted by Gasteiger charge is 2.95. The molecule has 0 radical (unpaired) electrons. The van der Waals surface area contributed by atoms with Crippen LogP contribution in [0.2, 0.25) is 64.5 Å². The minimum Gasteiger partial charge on any atom is -0.437 e. The molecule has 5 nitrogen and oxygen atoms in total. The van der Waals surface area contributed by atoms with Gasteiger partial charge in [-0.3, -0.25) is 0 Å². The fourth-order valence-corrected chi connectivity index (χ4v) is 23.7. The molecule has 308 valence electrons. The van der Waals surface area contributed by atoms with Crippen LogP contribution in [0.4, 0.5) is 74.6 Å². The van der Waals surface area contributed by atoms with Gasteiger partial charge in [0, 0.05) is 26.2 Å². The maximum Gasteiger partial charge on any atom is 0.460 e. The van der Waals surface area contributed by atoms with E-state index in [0.717, 1.165) is 0 Å². The van der Waals surface area contributed by atoms with E-state index in [0.29, 0.717) is 12.5 Å². The van der Waals surface area contributed by atoms with Crippen molar-refractivity contribution in [3.05, 3.63) is 0 Å². The first-order valence-electron chi connectivity index (χ1n) is 15.1. The summed E-state index contributed by atoms with van der Waals surface area (Å²) >= 11 is 0. The molecule has 0 rings (SSSR count). The minimum absolute atomic E-state index is 0.0767. The van der Waals surface area contributed by atoms with Crippen molar-refractivity contribution in [3.63, 3.8) is 0 Å². The number of hydrogen-bond acceptors (Lipinski definition) is 5. The van der Waals surface area contributed by atoms with Crippen molar-refractivity contribution in [3.8, 4) is 0 Å². The third kappa shape index (κ3) is 11.7. The Hall–Kier alpha value is -0.522. The number of halogens is 17. The van der Waals surface area contributed by atoms with Gasteiger partial charge in [-0.2, -0.15) is 74.6 Å². The van der Waals surface area contributed by atoms with Gasteiger partial charge in [0.25, 0.3) is 0 Å². The minimum atomic E-state index is -8.65. The molecule has 1 unspecified atom stereocenters. The van der Waals surface area contributed by atoms with Gasteiger partial charge in [0.2, 0.25) is 0 Å². The predicted molar refractivity (Wildman–Crippen MR) is 160 cm³/mol. The lowest BCUT2D eigenvalue weighted by Crippen LogP contribution is -2.74. The average molecular weight is 859 g/mol. The lowest BCUT2D eigenvalue weighted by molar-refractivity contribution is -0.461. The molecule has 26 heteroatoms. The van der Waals surface area contributed by atoms with Crippen LogP contribution in [-0.2, 0) is 17.1 Å². The molecule has 0 bridgehead atoms. The van der Waals surface area contributed by atoms with Gasteiger partial charge in [0.1, 0.15) is 0 Å². The van der Waals surface area contributed by atoms with E-state index in [2.05, 4.69) is 0 Å². The number of hydrogen-bond donors (Lipinski definition) is 1. The Kier molecular flexibility index (Phi) is 16.1. The first-order chi connectivity index (χ1) is 22.1. The second-order valence-corrected chi connectivity index (χ2v) is 30.3. The van der Waals surface area contributed by atoms with Crippen LogP contribution in [0.1, 0.15) is 25.7 Å². The van der Waals surface area contributed by atoms with Gasteiger partial charge in [-0.05, 0) is 83.7 Å². The van der Waals surface area contributed by atoms with Gasteiger partial charge in [-0.25, -0.2) is 0 Å². The van der Waals surface area contributed by atoms with Gasteiger partial charge < -0.3 is 22.2 Å². The largest absolute Gasteiger partial charge is 0.460 e. The highest BCUT2D eigenvalue weighted by molar-refractivity contribution is 6.89. The zero-order chi connectivity index (χ0) is 41.2. The number of alkyl halides is 17. The van der Waals surface area contributed by atoms with Crippen molar-refractivity contribution in [1.82, 2.24) is 0 Å². The van der Waals surface area contributed by atoms with Crippen LogP contribution in [0.25, 0.3) is 0 Å². The zero-order valence-electron chi connectivity index (χ0n) is 28.9. The van der Waals surface area contributed by atoms with Crippen LogP contribution in [0.3, 0.4) is 0 Å². The molecular weight excluding hydrogens is 816 g/mol. The molecule has 0 amide bonds. The lowest BCUT2D eigenvalue weighted by Gasteiger charge is -2.42. The predicted octanol–water partition coefficient (Wildman–Crippen LogP) is 10.4. The molecule has 1 N–H and O–H groups in total. The molecule has 0 aliphatic rings. The van der Waals surface area contributed by atoms with Crippen molar-refractivity contribution in [1.29, 1.82) is 0 Å². The van der Waals surface area contributed by atoms with Gasteiger partial charge in [-0.15, -0.1) is 0 Å². The van der Waals surface area contributed by atoms with Crippen molar-refractivity contribution in [2.75, 3.05) is 19.8 Å². The summed E-state index contributed by atoms with van der Waals surface area (Å²) in [5.41, 5.74) is 0. The van der Waals surface area contributed by atoms with E-state index in [1.807, 2.05) is 32.7 Å². The Morgan fingerprint density at radius 3 is 1.29 bits per heavy atom. The summed E-state index contributed by atoms with van der Waals surface area (Å²) in [5.74, 6) is -56.4. The van der Waals surface area contributed by atoms with E-state index in [4.69, 9.17) is 17.1 Å². The van der Waals surface area contributed by atoms with Gasteiger partial charge in [0.05, 0.1) is 0 Å². The van der Waals surface area contributed by atoms with E-state index < -0.39 is 101 Å². The Morgan fingerprint density at radius 1 is 0.471 bits per heavy atom. The smallest absolute Gasteiger partial charge is 0.437 e. The summed E-state index contributed by atoms with van der Waals surface area (Å²) in [5, 5.41) is 9.21. The number of ether oxygens (including phenoxy) is 1. The normalized spacial score (nSPS) is 16.8. The number of aliphatic hydroxyl groups excluding tert-OH is 1. The Labute approximate surface area is 288 Å². The Balaban J connectivity index is 5.75. The van der Waals surface area contributed by atoms with E-state index in [1.54, 1.807) is 19.6 Å². The van der Waals surface area contributed by atoms with Gasteiger partial charge in [0.15, 0.2) is 16.6 Å². The van der Waals surface area contributed by atoms with Crippen LogP contribution in [0, 0.1) is 0 Å².